The predicted molar refractivity (Wildman–Crippen MR) is 115 cm³/mol. The Morgan fingerprint density at radius 3 is 2.83 bits per heavy atom. The van der Waals surface area contributed by atoms with Crippen LogP contribution < -0.4 is 4.74 Å². The van der Waals surface area contributed by atoms with Crippen molar-refractivity contribution in [1.29, 1.82) is 0 Å². The third-order valence-corrected chi connectivity index (χ3v) is 6.73. The van der Waals surface area contributed by atoms with Crippen LogP contribution in [0.3, 0.4) is 0 Å². The Labute approximate surface area is 175 Å². The Hall–Kier alpha value is -2.08. The molecule has 1 saturated heterocycles. The number of hydrogen-bond acceptors (Lipinski definition) is 4. The van der Waals surface area contributed by atoms with Gasteiger partial charge in [0.15, 0.2) is 0 Å². The smallest absolute Gasteiger partial charge is 0.140 e. The van der Waals surface area contributed by atoms with E-state index in [4.69, 9.17) is 16.3 Å². The van der Waals surface area contributed by atoms with E-state index in [2.05, 4.69) is 14.5 Å². The van der Waals surface area contributed by atoms with E-state index in [0.29, 0.717) is 17.6 Å². The zero-order valence-corrected chi connectivity index (χ0v) is 17.6. The second kappa shape index (κ2) is 7.01. The molecule has 2 aliphatic heterocycles. The molecule has 0 bridgehead atoms. The van der Waals surface area contributed by atoms with E-state index >= 15 is 0 Å². The molecule has 0 spiro atoms. The summed E-state index contributed by atoms with van der Waals surface area (Å²) in [5.41, 5.74) is 3.42. The molecular weight excluding hydrogens is 386 g/mol. The van der Waals surface area contributed by atoms with Crippen LogP contribution in [-0.2, 0) is 18.6 Å². The minimum atomic E-state index is -1.03. The number of hydrogen-bond donors (Lipinski definition) is 1. The van der Waals surface area contributed by atoms with Crippen molar-refractivity contribution < 1.29 is 9.84 Å². The minimum Gasteiger partial charge on any atom is -0.497 e. The lowest BCUT2D eigenvalue weighted by Gasteiger charge is -2.32. The Morgan fingerprint density at radius 1 is 1.28 bits per heavy atom. The van der Waals surface area contributed by atoms with Crippen LogP contribution in [-0.4, -0.2) is 39.8 Å². The average molecular weight is 412 g/mol. The molecule has 1 fully saturated rings. The molecule has 5 nitrogen and oxygen atoms in total. The summed E-state index contributed by atoms with van der Waals surface area (Å²) in [4.78, 5) is 7.26. The maximum atomic E-state index is 11.4. The van der Waals surface area contributed by atoms with Crippen LogP contribution in [0.25, 0.3) is 11.0 Å². The molecule has 2 atom stereocenters. The quantitative estimate of drug-likeness (QED) is 0.695. The van der Waals surface area contributed by atoms with Crippen LogP contribution in [0.5, 0.6) is 5.75 Å². The summed E-state index contributed by atoms with van der Waals surface area (Å²) in [6.45, 7) is 4.54. The second-order valence-corrected chi connectivity index (χ2v) is 8.85. The van der Waals surface area contributed by atoms with Crippen molar-refractivity contribution in [3.63, 3.8) is 0 Å². The van der Waals surface area contributed by atoms with Gasteiger partial charge in [-0.05, 0) is 55.6 Å². The van der Waals surface area contributed by atoms with E-state index in [9.17, 15) is 5.11 Å². The molecule has 2 aromatic heterocycles. The molecule has 4 heterocycles. The van der Waals surface area contributed by atoms with Gasteiger partial charge in [-0.25, -0.2) is 4.98 Å². The summed E-state index contributed by atoms with van der Waals surface area (Å²) in [5.74, 6) is 0.783. The van der Waals surface area contributed by atoms with Gasteiger partial charge >= 0.3 is 0 Å². The van der Waals surface area contributed by atoms with Crippen molar-refractivity contribution in [1.82, 2.24) is 14.5 Å². The number of fused-ring (bicyclic) bond motifs is 5. The lowest BCUT2D eigenvalue weighted by atomic mass is 9.94. The molecule has 2 unspecified atom stereocenters. The van der Waals surface area contributed by atoms with Crippen molar-refractivity contribution in [3.05, 3.63) is 58.4 Å². The van der Waals surface area contributed by atoms with E-state index < -0.39 is 5.60 Å². The van der Waals surface area contributed by atoms with Gasteiger partial charge in [0.1, 0.15) is 17.0 Å². The summed E-state index contributed by atoms with van der Waals surface area (Å²) in [7, 11) is 1.65. The first-order chi connectivity index (χ1) is 14.0. The highest BCUT2D eigenvalue weighted by molar-refractivity contribution is 6.31. The van der Waals surface area contributed by atoms with Crippen LogP contribution in [0.1, 0.15) is 42.6 Å². The number of ether oxygens (including phenoxy) is 1. The number of halogens is 1. The first kappa shape index (κ1) is 18.9. The lowest BCUT2D eigenvalue weighted by Crippen LogP contribution is -2.33. The highest BCUT2D eigenvalue weighted by Gasteiger charge is 2.37. The van der Waals surface area contributed by atoms with Gasteiger partial charge in [0, 0.05) is 36.3 Å². The summed E-state index contributed by atoms with van der Waals surface area (Å²) in [6, 6.07) is 10.1. The van der Waals surface area contributed by atoms with Crippen molar-refractivity contribution in [3.8, 4) is 5.75 Å². The Kier molecular flexibility index (Phi) is 4.57. The molecule has 152 valence electrons. The Balaban J connectivity index is 1.61. The fourth-order valence-electron chi connectivity index (χ4n) is 5.11. The van der Waals surface area contributed by atoms with E-state index in [1.54, 1.807) is 13.3 Å². The van der Waals surface area contributed by atoms with Crippen molar-refractivity contribution >= 4 is 22.6 Å². The molecule has 5 rings (SSSR count). The minimum absolute atomic E-state index is 0.439. The van der Waals surface area contributed by atoms with Crippen LogP contribution in [0.2, 0.25) is 5.02 Å². The van der Waals surface area contributed by atoms with Crippen molar-refractivity contribution in [2.24, 2.45) is 0 Å². The number of pyridine rings is 1. The summed E-state index contributed by atoms with van der Waals surface area (Å²) in [6.07, 6.45) is 5.08. The SMILES string of the molecule is COc1ccc(C(C)(O)Cn2c3c(c4cc(Cl)cnc42)C2CCCN2CC3)cc1. The Morgan fingerprint density at radius 2 is 2.07 bits per heavy atom. The molecule has 6 heteroatoms. The number of methoxy groups -OCH3 is 1. The molecule has 0 saturated carbocycles. The Bertz CT molecular complexity index is 1060. The molecule has 1 N–H and O–H groups in total. The summed E-state index contributed by atoms with van der Waals surface area (Å²) in [5, 5.41) is 13.2. The number of aromatic nitrogens is 2. The third-order valence-electron chi connectivity index (χ3n) is 6.53. The number of nitrogens with zero attached hydrogens (tertiary/aromatic N) is 3. The van der Waals surface area contributed by atoms with Gasteiger partial charge in [-0.3, -0.25) is 4.90 Å². The molecule has 0 aliphatic carbocycles. The van der Waals surface area contributed by atoms with Crippen LogP contribution in [0.15, 0.2) is 36.5 Å². The molecule has 3 aromatic rings. The monoisotopic (exact) mass is 411 g/mol. The van der Waals surface area contributed by atoms with E-state index in [1.807, 2.05) is 37.3 Å². The standard InChI is InChI=1S/C23H26ClN3O2/c1-23(28,15-5-7-17(29-2)8-6-15)14-27-20-9-11-26-10-3-4-19(26)21(20)18-12-16(24)13-25-22(18)27/h5-8,12-13,19,28H,3-4,9-11,14H2,1-2H3. The number of rotatable bonds is 4. The van der Waals surface area contributed by atoms with Gasteiger partial charge < -0.3 is 14.4 Å². The second-order valence-electron chi connectivity index (χ2n) is 8.42. The van der Waals surface area contributed by atoms with Gasteiger partial charge in [-0.2, -0.15) is 0 Å². The first-order valence-corrected chi connectivity index (χ1v) is 10.6. The van der Waals surface area contributed by atoms with Gasteiger partial charge in [0.05, 0.1) is 18.7 Å². The van der Waals surface area contributed by atoms with Crippen LogP contribution in [0.4, 0.5) is 0 Å². The number of benzene rings is 1. The zero-order valence-electron chi connectivity index (χ0n) is 16.9. The zero-order chi connectivity index (χ0) is 20.2. The lowest BCUT2D eigenvalue weighted by molar-refractivity contribution is 0.0381. The summed E-state index contributed by atoms with van der Waals surface area (Å²) >= 11 is 6.32. The molecule has 1 aromatic carbocycles. The fraction of sp³-hybridized carbons (Fsp3) is 0.435. The van der Waals surface area contributed by atoms with Crippen LogP contribution >= 0.6 is 11.6 Å². The van der Waals surface area contributed by atoms with Gasteiger partial charge in [0.25, 0.3) is 0 Å². The fourth-order valence-corrected chi connectivity index (χ4v) is 5.26. The maximum Gasteiger partial charge on any atom is 0.140 e. The highest BCUT2D eigenvalue weighted by Crippen LogP contribution is 2.43. The largest absolute Gasteiger partial charge is 0.497 e. The average Bonchev–Trinajstić information content (AvgIpc) is 3.30. The molecule has 0 amide bonds. The van der Waals surface area contributed by atoms with Crippen molar-refractivity contribution in [2.45, 2.75) is 44.4 Å². The molecule has 0 radical (unpaired) electrons. The van der Waals surface area contributed by atoms with Crippen LogP contribution in [0, 0.1) is 0 Å². The molecular formula is C23H26ClN3O2. The topological polar surface area (TPSA) is 50.5 Å². The van der Waals surface area contributed by atoms with E-state index in [1.165, 1.54) is 24.1 Å². The van der Waals surface area contributed by atoms with E-state index in [0.717, 1.165) is 41.9 Å². The van der Waals surface area contributed by atoms with Crippen molar-refractivity contribution in [2.75, 3.05) is 20.2 Å². The van der Waals surface area contributed by atoms with E-state index in [-0.39, 0.29) is 0 Å². The maximum absolute atomic E-state index is 11.4. The predicted octanol–water partition coefficient (Wildman–Crippen LogP) is 4.30. The molecule has 2 aliphatic rings. The summed E-state index contributed by atoms with van der Waals surface area (Å²) < 4.78 is 7.48. The number of aliphatic hydroxyl groups is 1. The normalized spacial score (nSPS) is 21.0. The third kappa shape index (κ3) is 3.12. The van der Waals surface area contributed by atoms with Gasteiger partial charge in [0.2, 0.25) is 0 Å². The molecule has 29 heavy (non-hydrogen) atoms. The van der Waals surface area contributed by atoms with Gasteiger partial charge in [-0.15, -0.1) is 0 Å². The highest BCUT2D eigenvalue weighted by atomic mass is 35.5. The first-order valence-electron chi connectivity index (χ1n) is 10.3. The van der Waals surface area contributed by atoms with Gasteiger partial charge in [-0.1, -0.05) is 23.7 Å².